The van der Waals surface area contributed by atoms with Crippen LogP contribution in [0.4, 0.5) is 11.6 Å². The summed E-state index contributed by atoms with van der Waals surface area (Å²) < 4.78 is 0. The third-order valence-electron chi connectivity index (χ3n) is 4.17. The molecule has 21 heavy (non-hydrogen) atoms. The van der Waals surface area contributed by atoms with Crippen LogP contribution < -0.4 is 11.1 Å². The van der Waals surface area contributed by atoms with Gasteiger partial charge in [0, 0.05) is 23.0 Å². The van der Waals surface area contributed by atoms with Crippen LogP contribution in [-0.2, 0) is 0 Å². The molecule has 3 N–H and O–H groups in total. The smallest absolute Gasteiger partial charge is 0.220 e. The van der Waals surface area contributed by atoms with Gasteiger partial charge in [-0.25, -0.2) is 9.97 Å². The van der Waals surface area contributed by atoms with E-state index in [0.717, 1.165) is 17.7 Å². The average Bonchev–Trinajstić information content (AvgIpc) is 2.38. The Balaban J connectivity index is 2.13. The summed E-state index contributed by atoms with van der Waals surface area (Å²) in [6, 6.07) is 6.38. The summed E-state index contributed by atoms with van der Waals surface area (Å²) in [5.74, 6) is 0.866. The van der Waals surface area contributed by atoms with Crippen LogP contribution in [0.15, 0.2) is 24.4 Å². The SMILES string of the molecule is Cc1cc2c(cc1-c1ccnc(N)n1)NC(C)(C)CC2C. The number of benzene rings is 1. The standard InChI is InChI=1S/C17H22N4/c1-10-7-12-11(2)9-17(3,4)21-15(12)8-13(10)14-5-6-19-16(18)20-14/h5-8,11,21H,9H2,1-4H3,(H2,18,19,20). The monoisotopic (exact) mass is 282 g/mol. The molecule has 1 aromatic heterocycles. The molecule has 0 amide bonds. The quantitative estimate of drug-likeness (QED) is 0.836. The summed E-state index contributed by atoms with van der Waals surface area (Å²) in [6.45, 7) is 8.91. The summed E-state index contributed by atoms with van der Waals surface area (Å²) in [4.78, 5) is 8.32. The molecule has 0 radical (unpaired) electrons. The van der Waals surface area contributed by atoms with Crippen molar-refractivity contribution < 1.29 is 0 Å². The van der Waals surface area contributed by atoms with Crippen molar-refractivity contribution in [1.29, 1.82) is 0 Å². The number of nitrogens with two attached hydrogens (primary N) is 1. The van der Waals surface area contributed by atoms with Gasteiger partial charge in [0.2, 0.25) is 5.95 Å². The molecule has 1 aromatic carbocycles. The van der Waals surface area contributed by atoms with E-state index in [0.29, 0.717) is 11.9 Å². The van der Waals surface area contributed by atoms with Crippen LogP contribution >= 0.6 is 0 Å². The summed E-state index contributed by atoms with van der Waals surface area (Å²) in [5, 5.41) is 3.64. The Bertz CT molecular complexity index is 691. The third-order valence-corrected chi connectivity index (χ3v) is 4.17. The maximum absolute atomic E-state index is 5.71. The predicted octanol–water partition coefficient (Wildman–Crippen LogP) is 3.73. The molecular weight excluding hydrogens is 260 g/mol. The number of nitrogens with zero attached hydrogens (tertiary/aromatic N) is 2. The van der Waals surface area contributed by atoms with Gasteiger partial charge in [-0.1, -0.05) is 13.0 Å². The lowest BCUT2D eigenvalue weighted by molar-refractivity contribution is 0.454. The molecule has 0 bridgehead atoms. The lowest BCUT2D eigenvalue weighted by Gasteiger charge is -2.38. The first-order valence-electron chi connectivity index (χ1n) is 7.37. The largest absolute Gasteiger partial charge is 0.380 e. The lowest BCUT2D eigenvalue weighted by atomic mass is 9.80. The van der Waals surface area contributed by atoms with Gasteiger partial charge < -0.3 is 11.1 Å². The minimum atomic E-state index is 0.115. The van der Waals surface area contributed by atoms with E-state index in [9.17, 15) is 0 Å². The van der Waals surface area contributed by atoms with Gasteiger partial charge in [0.05, 0.1) is 5.69 Å². The van der Waals surface area contributed by atoms with Crippen LogP contribution in [0.25, 0.3) is 11.3 Å². The number of anilines is 2. The highest BCUT2D eigenvalue weighted by Gasteiger charge is 2.29. The van der Waals surface area contributed by atoms with Crippen LogP contribution in [0.1, 0.15) is 44.2 Å². The van der Waals surface area contributed by atoms with Crippen LogP contribution in [-0.4, -0.2) is 15.5 Å². The molecule has 1 aliphatic rings. The van der Waals surface area contributed by atoms with Crippen LogP contribution in [0.5, 0.6) is 0 Å². The summed E-state index contributed by atoms with van der Waals surface area (Å²) in [7, 11) is 0. The van der Waals surface area contributed by atoms with Crippen LogP contribution in [0, 0.1) is 6.92 Å². The number of nitrogens with one attached hydrogen (secondary N) is 1. The zero-order valence-electron chi connectivity index (χ0n) is 13.1. The molecule has 2 heterocycles. The number of aryl methyl sites for hydroxylation is 1. The molecule has 0 aliphatic carbocycles. The summed E-state index contributed by atoms with van der Waals surface area (Å²) in [5.41, 5.74) is 11.6. The van der Waals surface area contributed by atoms with Gasteiger partial charge in [0.25, 0.3) is 0 Å². The van der Waals surface area contributed by atoms with E-state index in [1.165, 1.54) is 16.8 Å². The Morgan fingerprint density at radius 1 is 1.33 bits per heavy atom. The Hall–Kier alpha value is -2.10. The molecule has 0 fully saturated rings. The minimum absolute atomic E-state index is 0.115. The zero-order valence-corrected chi connectivity index (χ0v) is 13.1. The molecule has 4 heteroatoms. The first-order chi connectivity index (χ1) is 9.85. The van der Waals surface area contributed by atoms with Crippen molar-refractivity contribution in [2.24, 2.45) is 0 Å². The predicted molar refractivity (Wildman–Crippen MR) is 87.4 cm³/mol. The molecule has 1 atom stereocenters. The van der Waals surface area contributed by atoms with E-state index in [-0.39, 0.29) is 5.54 Å². The Morgan fingerprint density at radius 3 is 2.81 bits per heavy atom. The molecule has 3 rings (SSSR count). The highest BCUT2D eigenvalue weighted by Crippen LogP contribution is 2.41. The maximum Gasteiger partial charge on any atom is 0.220 e. The van der Waals surface area contributed by atoms with Crippen molar-refractivity contribution in [2.75, 3.05) is 11.1 Å². The van der Waals surface area contributed by atoms with E-state index >= 15 is 0 Å². The fraction of sp³-hybridized carbons (Fsp3) is 0.412. The molecular formula is C17H22N4. The van der Waals surface area contributed by atoms with Gasteiger partial charge in [-0.05, 0) is 56.4 Å². The van der Waals surface area contributed by atoms with Crippen LogP contribution in [0.3, 0.4) is 0 Å². The van der Waals surface area contributed by atoms with E-state index in [1.54, 1.807) is 6.20 Å². The van der Waals surface area contributed by atoms with Crippen molar-refractivity contribution in [3.05, 3.63) is 35.5 Å². The first kappa shape index (κ1) is 13.9. The van der Waals surface area contributed by atoms with E-state index < -0.39 is 0 Å². The highest BCUT2D eigenvalue weighted by molar-refractivity contribution is 5.73. The van der Waals surface area contributed by atoms with Crippen molar-refractivity contribution in [1.82, 2.24) is 9.97 Å². The van der Waals surface area contributed by atoms with Gasteiger partial charge >= 0.3 is 0 Å². The fourth-order valence-electron chi connectivity index (χ4n) is 3.34. The molecule has 2 aromatic rings. The lowest BCUT2D eigenvalue weighted by Crippen LogP contribution is -2.36. The molecule has 1 aliphatic heterocycles. The van der Waals surface area contributed by atoms with Gasteiger partial charge in [0.15, 0.2) is 0 Å². The van der Waals surface area contributed by atoms with Gasteiger partial charge in [0.1, 0.15) is 0 Å². The van der Waals surface area contributed by atoms with Gasteiger partial charge in [-0.3, -0.25) is 0 Å². The number of aromatic nitrogens is 2. The highest BCUT2D eigenvalue weighted by atomic mass is 15.0. The van der Waals surface area contributed by atoms with Gasteiger partial charge in [-0.15, -0.1) is 0 Å². The molecule has 110 valence electrons. The first-order valence-corrected chi connectivity index (χ1v) is 7.37. The number of rotatable bonds is 1. The fourth-order valence-corrected chi connectivity index (χ4v) is 3.34. The Labute approximate surface area is 125 Å². The molecule has 0 saturated heterocycles. The topological polar surface area (TPSA) is 63.8 Å². The minimum Gasteiger partial charge on any atom is -0.380 e. The maximum atomic E-state index is 5.71. The number of fused-ring (bicyclic) bond motifs is 1. The summed E-state index contributed by atoms with van der Waals surface area (Å²) >= 11 is 0. The van der Waals surface area contributed by atoms with Crippen LogP contribution in [0.2, 0.25) is 0 Å². The molecule has 0 saturated carbocycles. The van der Waals surface area contributed by atoms with Gasteiger partial charge in [-0.2, -0.15) is 0 Å². The second-order valence-corrected chi connectivity index (χ2v) is 6.67. The summed E-state index contributed by atoms with van der Waals surface area (Å²) in [6.07, 6.45) is 2.84. The second kappa shape index (κ2) is 4.72. The normalized spacial score (nSPS) is 19.7. The molecule has 1 unspecified atom stereocenters. The molecule has 0 spiro atoms. The Kier molecular flexibility index (Phi) is 3.12. The number of hydrogen-bond acceptors (Lipinski definition) is 4. The zero-order chi connectivity index (χ0) is 15.2. The van der Waals surface area contributed by atoms with Crippen molar-refractivity contribution in [3.8, 4) is 11.3 Å². The number of hydrogen-bond donors (Lipinski definition) is 2. The number of nitrogen functional groups attached to an aromatic ring is 1. The second-order valence-electron chi connectivity index (χ2n) is 6.67. The van der Waals surface area contributed by atoms with E-state index in [1.807, 2.05) is 6.07 Å². The molecule has 4 nitrogen and oxygen atoms in total. The van der Waals surface area contributed by atoms with Crippen molar-refractivity contribution in [3.63, 3.8) is 0 Å². The van der Waals surface area contributed by atoms with E-state index in [2.05, 4.69) is 55.1 Å². The Morgan fingerprint density at radius 2 is 2.10 bits per heavy atom. The third kappa shape index (κ3) is 2.58. The van der Waals surface area contributed by atoms with Crippen molar-refractivity contribution in [2.45, 2.75) is 45.6 Å². The van der Waals surface area contributed by atoms with E-state index in [4.69, 9.17) is 5.73 Å². The van der Waals surface area contributed by atoms with Crippen molar-refractivity contribution >= 4 is 11.6 Å². The average molecular weight is 282 g/mol.